The van der Waals surface area contributed by atoms with Gasteiger partial charge in [0, 0.05) is 23.0 Å². The van der Waals surface area contributed by atoms with E-state index in [9.17, 15) is 14.7 Å². The quantitative estimate of drug-likeness (QED) is 0.512. The first-order valence-corrected chi connectivity index (χ1v) is 9.81. The first-order valence-electron chi connectivity index (χ1n) is 9.02. The molecule has 0 fully saturated rings. The third kappa shape index (κ3) is 4.09. The number of carbonyl (C=O) groups is 2. The van der Waals surface area contributed by atoms with Crippen LogP contribution in [0.4, 0.5) is 0 Å². The Bertz CT molecular complexity index is 1030. The Kier molecular flexibility index (Phi) is 6.14. The van der Waals surface area contributed by atoms with Gasteiger partial charge in [0.15, 0.2) is 17.2 Å². The highest BCUT2D eigenvalue weighted by Crippen LogP contribution is 2.32. The molecular formula is C21H21BrN2O4. The highest BCUT2D eigenvalue weighted by molar-refractivity contribution is 9.10. The van der Waals surface area contributed by atoms with Gasteiger partial charge >= 0.3 is 5.97 Å². The number of aryl methyl sites for hydroxylation is 1. The Hall–Kier alpha value is -2.67. The van der Waals surface area contributed by atoms with Crippen LogP contribution in [0.3, 0.4) is 0 Å². The Balaban J connectivity index is 1.98. The van der Waals surface area contributed by atoms with Gasteiger partial charge < -0.3 is 9.84 Å². The van der Waals surface area contributed by atoms with Crippen molar-refractivity contribution in [3.8, 4) is 5.75 Å². The van der Waals surface area contributed by atoms with Gasteiger partial charge in [-0.15, -0.1) is 0 Å². The lowest BCUT2D eigenvalue weighted by atomic mass is 9.90. The van der Waals surface area contributed by atoms with E-state index in [2.05, 4.69) is 20.9 Å². The summed E-state index contributed by atoms with van der Waals surface area (Å²) in [4.78, 5) is 29.1. The van der Waals surface area contributed by atoms with Crippen molar-refractivity contribution >= 4 is 33.3 Å². The zero-order valence-electron chi connectivity index (χ0n) is 15.7. The molecule has 6 nitrogen and oxygen atoms in total. The topological polar surface area (TPSA) is 80.9 Å². The number of aliphatic carboxylic acids is 1. The minimum atomic E-state index is -0.943. The third-order valence-electron chi connectivity index (χ3n) is 4.55. The molecule has 0 spiro atoms. The van der Waals surface area contributed by atoms with Crippen molar-refractivity contribution < 1.29 is 19.4 Å². The zero-order valence-corrected chi connectivity index (χ0v) is 17.3. The summed E-state index contributed by atoms with van der Waals surface area (Å²) in [7, 11) is 0. The fourth-order valence-electron chi connectivity index (χ4n) is 3.39. The van der Waals surface area contributed by atoms with E-state index in [1.165, 1.54) is 0 Å². The average molecular weight is 445 g/mol. The molecule has 0 aliphatic carbocycles. The lowest BCUT2D eigenvalue weighted by Crippen LogP contribution is -2.14. The molecule has 2 aromatic heterocycles. The van der Waals surface area contributed by atoms with E-state index in [0.717, 1.165) is 10.0 Å². The molecule has 1 atom stereocenters. The fourth-order valence-corrected chi connectivity index (χ4v) is 4.00. The second kappa shape index (κ2) is 8.56. The summed E-state index contributed by atoms with van der Waals surface area (Å²) in [6, 6.07) is 11.0. The highest BCUT2D eigenvalue weighted by atomic mass is 79.9. The molecule has 0 saturated carbocycles. The number of hydrogen-bond acceptors (Lipinski definition) is 4. The lowest BCUT2D eigenvalue weighted by Gasteiger charge is -2.16. The van der Waals surface area contributed by atoms with Crippen LogP contribution in [0.2, 0.25) is 0 Å². The molecule has 28 heavy (non-hydrogen) atoms. The van der Waals surface area contributed by atoms with Gasteiger partial charge in [-0.25, -0.2) is 4.98 Å². The van der Waals surface area contributed by atoms with Crippen LogP contribution in [0.1, 0.15) is 47.4 Å². The maximum atomic E-state index is 13.2. The van der Waals surface area contributed by atoms with Crippen LogP contribution in [-0.2, 0) is 4.79 Å². The summed E-state index contributed by atoms with van der Waals surface area (Å²) in [5.74, 6) is -0.927. The number of ether oxygens (including phenoxy) is 1. The first kappa shape index (κ1) is 20.1. The molecule has 0 saturated heterocycles. The third-order valence-corrected chi connectivity index (χ3v) is 5.27. The van der Waals surface area contributed by atoms with Crippen molar-refractivity contribution in [3.05, 3.63) is 64.0 Å². The molecule has 3 rings (SSSR count). The Labute approximate surface area is 171 Å². The zero-order chi connectivity index (χ0) is 20.3. The predicted molar refractivity (Wildman–Crippen MR) is 109 cm³/mol. The Morgan fingerprint density at radius 3 is 2.64 bits per heavy atom. The van der Waals surface area contributed by atoms with E-state index in [1.54, 1.807) is 23.6 Å². The van der Waals surface area contributed by atoms with Crippen molar-refractivity contribution in [2.24, 2.45) is 0 Å². The minimum Gasteiger partial charge on any atom is -0.490 e. The van der Waals surface area contributed by atoms with E-state index in [4.69, 9.17) is 4.74 Å². The number of aromatic nitrogens is 2. The van der Waals surface area contributed by atoms with Crippen molar-refractivity contribution in [2.45, 2.75) is 32.6 Å². The Morgan fingerprint density at radius 2 is 1.96 bits per heavy atom. The molecule has 3 aromatic rings. The number of fused-ring (bicyclic) bond motifs is 1. The van der Waals surface area contributed by atoms with Gasteiger partial charge in [-0.05, 0) is 37.6 Å². The summed E-state index contributed by atoms with van der Waals surface area (Å²) < 4.78 is 8.12. The number of rotatable bonds is 8. The predicted octanol–water partition coefficient (Wildman–Crippen LogP) is 4.64. The van der Waals surface area contributed by atoms with Crippen LogP contribution in [0.25, 0.3) is 5.65 Å². The number of hydrogen-bond donors (Lipinski definition) is 1. The van der Waals surface area contributed by atoms with Crippen LogP contribution in [0.5, 0.6) is 5.75 Å². The molecule has 0 aliphatic rings. The van der Waals surface area contributed by atoms with Crippen LogP contribution in [-0.4, -0.2) is 32.9 Å². The van der Waals surface area contributed by atoms with Gasteiger partial charge in [0.25, 0.3) is 0 Å². The molecule has 2 heterocycles. The number of pyridine rings is 1. The smallest absolute Gasteiger partial charge is 0.303 e. The lowest BCUT2D eigenvalue weighted by molar-refractivity contribution is -0.137. The van der Waals surface area contributed by atoms with Gasteiger partial charge in [0.1, 0.15) is 5.69 Å². The molecular weight excluding hydrogens is 424 g/mol. The van der Waals surface area contributed by atoms with Crippen molar-refractivity contribution in [1.29, 1.82) is 0 Å². The number of carboxylic acid groups (broad SMARTS) is 1. The van der Waals surface area contributed by atoms with Crippen LogP contribution in [0, 0.1) is 6.92 Å². The molecule has 0 bridgehead atoms. The second-order valence-electron chi connectivity index (χ2n) is 6.49. The molecule has 1 aromatic carbocycles. The van der Waals surface area contributed by atoms with Crippen LogP contribution < -0.4 is 4.74 Å². The van der Waals surface area contributed by atoms with E-state index in [-0.39, 0.29) is 18.6 Å². The highest BCUT2D eigenvalue weighted by Gasteiger charge is 2.25. The number of carbonyl (C=O) groups excluding carboxylic acids is 1. The molecule has 1 N–H and O–H groups in total. The Morgan fingerprint density at radius 1 is 1.21 bits per heavy atom. The minimum absolute atomic E-state index is 0.0718. The van der Waals surface area contributed by atoms with Gasteiger partial charge in [-0.2, -0.15) is 0 Å². The molecule has 0 radical (unpaired) electrons. The molecule has 7 heteroatoms. The number of ketones is 1. The van der Waals surface area contributed by atoms with Crippen LogP contribution in [0.15, 0.2) is 47.1 Å². The van der Waals surface area contributed by atoms with Crippen molar-refractivity contribution in [1.82, 2.24) is 9.38 Å². The summed E-state index contributed by atoms with van der Waals surface area (Å²) in [6.07, 6.45) is 1.71. The summed E-state index contributed by atoms with van der Waals surface area (Å²) in [6.45, 7) is 4.16. The second-order valence-corrected chi connectivity index (χ2v) is 7.34. The normalized spacial score (nSPS) is 12.1. The van der Waals surface area contributed by atoms with E-state index in [0.29, 0.717) is 29.4 Å². The number of carboxylic acids is 1. The summed E-state index contributed by atoms with van der Waals surface area (Å²) >= 11 is 3.47. The molecule has 146 valence electrons. The summed E-state index contributed by atoms with van der Waals surface area (Å²) in [5.41, 5.74) is 2.44. The van der Waals surface area contributed by atoms with Gasteiger partial charge in [0.05, 0.1) is 18.7 Å². The molecule has 1 unspecified atom stereocenters. The van der Waals surface area contributed by atoms with Crippen molar-refractivity contribution in [3.63, 3.8) is 0 Å². The van der Waals surface area contributed by atoms with E-state index < -0.39 is 11.9 Å². The number of imidazole rings is 1. The average Bonchev–Trinajstić information content (AvgIpc) is 2.98. The number of nitrogens with zero attached hydrogens (tertiary/aromatic N) is 2. The standard InChI is InChI=1S/C21H21BrN2O4/c1-3-28-18-9-6-10-24-20(13(2)23-21(18)24)17(25)11-14(12-19(26)27)15-7-4-5-8-16(15)22/h4-10,14H,3,11-12H2,1-2H3,(H,26,27). The van der Waals surface area contributed by atoms with Crippen LogP contribution >= 0.6 is 15.9 Å². The summed E-state index contributed by atoms with van der Waals surface area (Å²) in [5, 5.41) is 9.34. The van der Waals surface area contributed by atoms with Gasteiger partial charge in [-0.3, -0.25) is 14.0 Å². The maximum Gasteiger partial charge on any atom is 0.303 e. The van der Waals surface area contributed by atoms with E-state index >= 15 is 0 Å². The fraction of sp³-hybridized carbons (Fsp3) is 0.286. The SMILES string of the molecule is CCOc1cccn2c(C(=O)CC(CC(=O)O)c3ccccc3Br)c(C)nc12. The number of Topliss-reactive ketones (excluding diaryl/α,β-unsaturated/α-hetero) is 1. The van der Waals surface area contributed by atoms with E-state index in [1.807, 2.05) is 37.3 Å². The molecule has 0 amide bonds. The van der Waals surface area contributed by atoms with Gasteiger partial charge in [0.2, 0.25) is 0 Å². The van der Waals surface area contributed by atoms with Crippen molar-refractivity contribution in [2.75, 3.05) is 6.61 Å². The number of benzene rings is 1. The monoisotopic (exact) mass is 444 g/mol. The largest absolute Gasteiger partial charge is 0.490 e. The first-order chi connectivity index (χ1) is 13.4. The number of halogens is 1. The van der Waals surface area contributed by atoms with Gasteiger partial charge in [-0.1, -0.05) is 34.1 Å². The molecule has 0 aliphatic heterocycles. The maximum absolute atomic E-state index is 13.2.